The highest BCUT2D eigenvalue weighted by Crippen LogP contribution is 2.38. The highest BCUT2D eigenvalue weighted by molar-refractivity contribution is 7.21. The van der Waals surface area contributed by atoms with Crippen molar-refractivity contribution in [1.82, 2.24) is 4.90 Å². The number of hydrogen-bond acceptors (Lipinski definition) is 2. The molecule has 0 spiro atoms. The van der Waals surface area contributed by atoms with E-state index in [2.05, 4.69) is 13.8 Å². The Morgan fingerprint density at radius 1 is 1.40 bits per heavy atom. The Balaban J connectivity index is 1.96. The van der Waals surface area contributed by atoms with Crippen LogP contribution < -0.4 is 0 Å². The van der Waals surface area contributed by atoms with Gasteiger partial charge in [0.15, 0.2) is 0 Å². The summed E-state index contributed by atoms with van der Waals surface area (Å²) in [4.78, 5) is 15.5. The van der Waals surface area contributed by atoms with Crippen LogP contribution in [-0.4, -0.2) is 23.4 Å². The minimum atomic E-state index is 0.104. The monoisotopic (exact) mass is 307 g/mol. The van der Waals surface area contributed by atoms with E-state index in [1.807, 2.05) is 29.2 Å². The summed E-state index contributed by atoms with van der Waals surface area (Å²) in [7, 11) is 0. The standard InChI is InChI=1S/C16H18ClNOS/c1-10(2)9-18(11-7-8-11)16(19)15-14(17)12-5-3-4-6-13(12)20-15/h3-6,10-11H,7-9H2,1-2H3. The van der Waals surface area contributed by atoms with Crippen molar-refractivity contribution < 1.29 is 4.79 Å². The third-order valence-corrected chi connectivity index (χ3v) is 5.20. The fourth-order valence-corrected chi connectivity index (χ4v) is 3.93. The maximum absolute atomic E-state index is 12.8. The van der Waals surface area contributed by atoms with Gasteiger partial charge in [0.1, 0.15) is 4.88 Å². The van der Waals surface area contributed by atoms with E-state index < -0.39 is 0 Å². The molecule has 0 unspecified atom stereocenters. The number of thiophene rings is 1. The van der Waals surface area contributed by atoms with Gasteiger partial charge in [-0.15, -0.1) is 11.3 Å². The van der Waals surface area contributed by atoms with Crippen LogP contribution in [0, 0.1) is 5.92 Å². The minimum absolute atomic E-state index is 0.104. The van der Waals surface area contributed by atoms with Crippen molar-refractivity contribution in [2.45, 2.75) is 32.7 Å². The Labute approximate surface area is 128 Å². The van der Waals surface area contributed by atoms with Crippen LogP contribution in [0.1, 0.15) is 36.4 Å². The molecule has 3 rings (SSSR count). The molecule has 1 aromatic carbocycles. The first kappa shape index (κ1) is 13.9. The quantitative estimate of drug-likeness (QED) is 0.793. The molecule has 0 atom stereocenters. The van der Waals surface area contributed by atoms with E-state index in [1.54, 1.807) is 0 Å². The molecule has 1 aromatic heterocycles. The van der Waals surface area contributed by atoms with Gasteiger partial charge < -0.3 is 4.90 Å². The Kier molecular flexibility index (Phi) is 3.74. The van der Waals surface area contributed by atoms with E-state index in [0.29, 0.717) is 21.9 Å². The van der Waals surface area contributed by atoms with Crippen molar-refractivity contribution in [2.24, 2.45) is 5.92 Å². The van der Waals surface area contributed by atoms with Crippen molar-refractivity contribution >= 4 is 38.9 Å². The Morgan fingerprint density at radius 3 is 2.70 bits per heavy atom. The number of hydrogen-bond donors (Lipinski definition) is 0. The molecule has 0 radical (unpaired) electrons. The highest BCUT2D eigenvalue weighted by atomic mass is 35.5. The second-order valence-electron chi connectivity index (χ2n) is 5.82. The van der Waals surface area contributed by atoms with Crippen molar-refractivity contribution in [3.63, 3.8) is 0 Å². The largest absolute Gasteiger partial charge is 0.335 e. The number of carbonyl (C=O) groups is 1. The third kappa shape index (κ3) is 2.57. The number of rotatable bonds is 4. The molecule has 4 heteroatoms. The molecule has 0 saturated heterocycles. The van der Waals surface area contributed by atoms with E-state index >= 15 is 0 Å². The van der Waals surface area contributed by atoms with Crippen LogP contribution >= 0.6 is 22.9 Å². The zero-order valence-corrected chi connectivity index (χ0v) is 13.3. The van der Waals surface area contributed by atoms with Crippen LogP contribution in [0.5, 0.6) is 0 Å². The minimum Gasteiger partial charge on any atom is -0.335 e. The number of amides is 1. The molecule has 1 aliphatic rings. The van der Waals surface area contributed by atoms with Gasteiger partial charge in [0.2, 0.25) is 0 Å². The molecule has 20 heavy (non-hydrogen) atoms. The van der Waals surface area contributed by atoms with Gasteiger partial charge in [0.05, 0.1) is 5.02 Å². The lowest BCUT2D eigenvalue weighted by Gasteiger charge is -2.24. The normalized spacial score (nSPS) is 15.0. The molecule has 1 amide bonds. The number of fused-ring (bicyclic) bond motifs is 1. The summed E-state index contributed by atoms with van der Waals surface area (Å²) < 4.78 is 1.08. The number of halogens is 1. The average Bonchev–Trinajstić information content (AvgIpc) is 3.20. The van der Waals surface area contributed by atoms with Crippen LogP contribution in [0.15, 0.2) is 24.3 Å². The first-order valence-electron chi connectivity index (χ1n) is 7.06. The molecular formula is C16H18ClNOS. The van der Waals surface area contributed by atoms with Crippen molar-refractivity contribution in [3.05, 3.63) is 34.2 Å². The highest BCUT2D eigenvalue weighted by Gasteiger charge is 2.34. The topological polar surface area (TPSA) is 20.3 Å². The molecule has 0 aliphatic heterocycles. The molecule has 1 saturated carbocycles. The van der Waals surface area contributed by atoms with Crippen molar-refractivity contribution in [3.8, 4) is 0 Å². The fourth-order valence-electron chi connectivity index (χ4n) is 2.46. The zero-order valence-electron chi connectivity index (χ0n) is 11.7. The summed E-state index contributed by atoms with van der Waals surface area (Å²) >= 11 is 7.93. The van der Waals surface area contributed by atoms with Crippen LogP contribution in [0.2, 0.25) is 5.02 Å². The second-order valence-corrected chi connectivity index (χ2v) is 7.25. The van der Waals surface area contributed by atoms with Gasteiger partial charge >= 0.3 is 0 Å². The lowest BCUT2D eigenvalue weighted by molar-refractivity contribution is 0.0727. The van der Waals surface area contributed by atoms with Gasteiger partial charge in [-0.2, -0.15) is 0 Å². The van der Waals surface area contributed by atoms with E-state index in [-0.39, 0.29) is 5.91 Å². The summed E-state index contributed by atoms with van der Waals surface area (Å²) in [5.74, 6) is 0.583. The number of benzene rings is 1. The summed E-state index contributed by atoms with van der Waals surface area (Å²) in [6.07, 6.45) is 2.25. The van der Waals surface area contributed by atoms with Gasteiger partial charge in [-0.1, -0.05) is 43.6 Å². The lowest BCUT2D eigenvalue weighted by atomic mass is 10.2. The molecular weight excluding hydrogens is 290 g/mol. The molecule has 1 heterocycles. The maximum Gasteiger partial charge on any atom is 0.265 e. The first-order valence-corrected chi connectivity index (χ1v) is 8.25. The van der Waals surface area contributed by atoms with E-state index in [4.69, 9.17) is 11.6 Å². The van der Waals surface area contributed by atoms with Gasteiger partial charge in [0, 0.05) is 22.7 Å². The summed E-state index contributed by atoms with van der Waals surface area (Å²) in [6, 6.07) is 8.37. The van der Waals surface area contributed by atoms with Crippen LogP contribution in [0.3, 0.4) is 0 Å². The van der Waals surface area contributed by atoms with Crippen molar-refractivity contribution in [1.29, 1.82) is 0 Å². The fraction of sp³-hybridized carbons (Fsp3) is 0.438. The summed E-state index contributed by atoms with van der Waals surface area (Å²) in [6.45, 7) is 5.11. The van der Waals surface area contributed by atoms with E-state index in [0.717, 1.165) is 29.5 Å². The summed E-state index contributed by atoms with van der Waals surface area (Å²) in [5, 5.41) is 1.60. The number of carbonyl (C=O) groups excluding carboxylic acids is 1. The molecule has 106 valence electrons. The molecule has 1 aliphatic carbocycles. The van der Waals surface area contributed by atoms with Gasteiger partial charge in [-0.05, 0) is 24.8 Å². The predicted octanol–water partition coefficient (Wildman–Crippen LogP) is 4.82. The Morgan fingerprint density at radius 2 is 2.10 bits per heavy atom. The van der Waals surface area contributed by atoms with Crippen LogP contribution in [-0.2, 0) is 0 Å². The second kappa shape index (κ2) is 5.38. The van der Waals surface area contributed by atoms with Gasteiger partial charge in [-0.25, -0.2) is 0 Å². The molecule has 0 N–H and O–H groups in total. The SMILES string of the molecule is CC(C)CN(C(=O)c1sc2ccccc2c1Cl)C1CC1. The van der Waals surface area contributed by atoms with Gasteiger partial charge in [0.25, 0.3) is 5.91 Å². The van der Waals surface area contributed by atoms with Crippen LogP contribution in [0.4, 0.5) is 0 Å². The molecule has 0 bridgehead atoms. The average molecular weight is 308 g/mol. The van der Waals surface area contributed by atoms with Crippen molar-refractivity contribution in [2.75, 3.05) is 6.54 Å². The first-order chi connectivity index (χ1) is 9.58. The number of nitrogens with zero attached hydrogens (tertiary/aromatic N) is 1. The smallest absolute Gasteiger partial charge is 0.265 e. The summed E-state index contributed by atoms with van der Waals surface area (Å²) in [5.41, 5.74) is 0. The lowest BCUT2D eigenvalue weighted by Crippen LogP contribution is -2.35. The van der Waals surface area contributed by atoms with E-state index in [1.165, 1.54) is 11.3 Å². The molecule has 2 aromatic rings. The third-order valence-electron chi connectivity index (χ3n) is 3.54. The maximum atomic E-state index is 12.8. The predicted molar refractivity (Wildman–Crippen MR) is 85.7 cm³/mol. The van der Waals surface area contributed by atoms with Crippen LogP contribution in [0.25, 0.3) is 10.1 Å². The van der Waals surface area contributed by atoms with E-state index in [9.17, 15) is 4.79 Å². The Bertz CT molecular complexity index is 645. The van der Waals surface area contributed by atoms with Gasteiger partial charge in [-0.3, -0.25) is 4.79 Å². The zero-order chi connectivity index (χ0) is 14.3. The molecule has 2 nitrogen and oxygen atoms in total. The Hall–Kier alpha value is -1.06. The molecule has 1 fully saturated rings.